The number of hydrogen-bond donors (Lipinski definition) is 1. The van der Waals surface area contributed by atoms with E-state index in [1.54, 1.807) is 26.4 Å². The van der Waals surface area contributed by atoms with Crippen molar-refractivity contribution in [2.24, 2.45) is 11.7 Å². The number of methoxy groups -OCH3 is 2. The fraction of sp³-hybridized carbons (Fsp3) is 0.533. The lowest BCUT2D eigenvalue weighted by Crippen LogP contribution is -2.48. The quantitative estimate of drug-likeness (QED) is 0.910. The van der Waals surface area contributed by atoms with E-state index in [9.17, 15) is 4.79 Å². The minimum absolute atomic E-state index is 0.0574. The molecule has 5 heteroatoms. The normalized spacial score (nSPS) is 22.5. The first-order valence-electron chi connectivity index (χ1n) is 6.84. The third kappa shape index (κ3) is 2.72. The Labute approximate surface area is 119 Å². The third-order valence-corrected chi connectivity index (χ3v) is 3.90. The number of carbonyl (C=O) groups is 1. The highest BCUT2D eigenvalue weighted by atomic mass is 16.5. The summed E-state index contributed by atoms with van der Waals surface area (Å²) in [7, 11) is 3.11. The molecule has 1 fully saturated rings. The van der Waals surface area contributed by atoms with E-state index in [0.717, 1.165) is 6.42 Å². The Hall–Kier alpha value is -1.75. The lowest BCUT2D eigenvalue weighted by atomic mass is 9.94. The van der Waals surface area contributed by atoms with Crippen LogP contribution < -0.4 is 15.2 Å². The molecule has 1 amide bonds. The van der Waals surface area contributed by atoms with Crippen LogP contribution in [-0.2, 0) is 0 Å². The summed E-state index contributed by atoms with van der Waals surface area (Å²) in [6.45, 7) is 3.41. The molecule has 1 heterocycles. The number of nitrogens with two attached hydrogens (primary N) is 1. The molecule has 0 spiro atoms. The Balaban J connectivity index is 2.29. The van der Waals surface area contributed by atoms with Crippen LogP contribution in [0.15, 0.2) is 18.2 Å². The Morgan fingerprint density at radius 1 is 1.30 bits per heavy atom. The summed E-state index contributed by atoms with van der Waals surface area (Å²) in [6.07, 6.45) is 0.824. The van der Waals surface area contributed by atoms with Gasteiger partial charge >= 0.3 is 0 Å². The molecule has 0 saturated carbocycles. The molecule has 2 atom stereocenters. The first-order valence-corrected chi connectivity index (χ1v) is 6.84. The van der Waals surface area contributed by atoms with Gasteiger partial charge in [-0.25, -0.2) is 0 Å². The van der Waals surface area contributed by atoms with E-state index in [0.29, 0.717) is 36.1 Å². The van der Waals surface area contributed by atoms with E-state index in [4.69, 9.17) is 15.2 Å². The minimum Gasteiger partial charge on any atom is -0.496 e. The molecule has 1 aliphatic heterocycles. The van der Waals surface area contributed by atoms with Crippen molar-refractivity contribution in [1.82, 2.24) is 4.90 Å². The predicted molar refractivity (Wildman–Crippen MR) is 77.2 cm³/mol. The van der Waals surface area contributed by atoms with Gasteiger partial charge in [-0.05, 0) is 24.5 Å². The summed E-state index contributed by atoms with van der Waals surface area (Å²) >= 11 is 0. The van der Waals surface area contributed by atoms with Crippen LogP contribution in [-0.4, -0.2) is 44.2 Å². The highest BCUT2D eigenvalue weighted by Crippen LogP contribution is 2.30. The highest BCUT2D eigenvalue weighted by Gasteiger charge is 2.30. The lowest BCUT2D eigenvalue weighted by molar-refractivity contribution is 0.0657. The van der Waals surface area contributed by atoms with Crippen molar-refractivity contribution >= 4 is 5.91 Å². The van der Waals surface area contributed by atoms with E-state index in [2.05, 4.69) is 6.92 Å². The molecule has 5 nitrogen and oxygen atoms in total. The first kappa shape index (κ1) is 14.7. The summed E-state index contributed by atoms with van der Waals surface area (Å²) in [4.78, 5) is 14.6. The summed E-state index contributed by atoms with van der Waals surface area (Å²) in [5.41, 5.74) is 6.49. The minimum atomic E-state index is -0.0574. The molecule has 110 valence electrons. The molecule has 1 aliphatic rings. The Morgan fingerprint density at radius 3 is 2.40 bits per heavy atom. The first-order chi connectivity index (χ1) is 9.58. The smallest absolute Gasteiger partial charge is 0.261 e. The van der Waals surface area contributed by atoms with Crippen molar-refractivity contribution in [2.45, 2.75) is 19.4 Å². The molecule has 2 unspecified atom stereocenters. The van der Waals surface area contributed by atoms with Gasteiger partial charge in [-0.15, -0.1) is 0 Å². The molecule has 2 N–H and O–H groups in total. The molecule has 0 radical (unpaired) electrons. The fourth-order valence-electron chi connectivity index (χ4n) is 2.57. The van der Waals surface area contributed by atoms with Crippen LogP contribution in [0.2, 0.25) is 0 Å². The van der Waals surface area contributed by atoms with Crippen molar-refractivity contribution < 1.29 is 14.3 Å². The Morgan fingerprint density at radius 2 is 1.90 bits per heavy atom. The molecular weight excluding hydrogens is 256 g/mol. The van der Waals surface area contributed by atoms with Crippen LogP contribution in [0.25, 0.3) is 0 Å². The average Bonchev–Trinajstić information content (AvgIpc) is 2.48. The number of likely N-dealkylation sites (tertiary alicyclic amines) is 1. The number of piperidine rings is 1. The zero-order chi connectivity index (χ0) is 14.7. The molecule has 0 aromatic heterocycles. The maximum atomic E-state index is 12.7. The van der Waals surface area contributed by atoms with Crippen LogP contribution >= 0.6 is 0 Å². The number of hydrogen-bond acceptors (Lipinski definition) is 4. The maximum Gasteiger partial charge on any atom is 0.261 e. The van der Waals surface area contributed by atoms with Crippen molar-refractivity contribution in [3.63, 3.8) is 0 Å². The van der Waals surface area contributed by atoms with E-state index in [1.807, 2.05) is 11.0 Å². The second-order valence-corrected chi connectivity index (χ2v) is 5.22. The second kappa shape index (κ2) is 6.13. The van der Waals surface area contributed by atoms with Crippen molar-refractivity contribution in [1.29, 1.82) is 0 Å². The van der Waals surface area contributed by atoms with Crippen LogP contribution in [0, 0.1) is 5.92 Å². The number of benzene rings is 1. The van der Waals surface area contributed by atoms with Gasteiger partial charge in [0, 0.05) is 19.1 Å². The summed E-state index contributed by atoms with van der Waals surface area (Å²) in [6, 6.07) is 5.52. The van der Waals surface area contributed by atoms with Gasteiger partial charge in [-0.3, -0.25) is 4.79 Å². The predicted octanol–water partition coefficient (Wildman–Crippen LogP) is 1.51. The molecule has 1 aromatic carbocycles. The average molecular weight is 278 g/mol. The lowest BCUT2D eigenvalue weighted by Gasteiger charge is -2.35. The van der Waals surface area contributed by atoms with Crippen LogP contribution in [0.5, 0.6) is 11.5 Å². The topological polar surface area (TPSA) is 64.8 Å². The SMILES string of the molecule is COc1cccc(OC)c1C(=O)N1CCC(N)C(C)C1. The van der Waals surface area contributed by atoms with Gasteiger partial charge in [0.25, 0.3) is 5.91 Å². The molecule has 0 aliphatic carbocycles. The molecule has 1 saturated heterocycles. The standard InChI is InChI=1S/C15H22N2O3/c1-10-9-17(8-7-11(10)16)15(18)14-12(19-2)5-4-6-13(14)20-3/h4-6,10-11H,7-9,16H2,1-3H3. The van der Waals surface area contributed by atoms with Gasteiger partial charge in [-0.2, -0.15) is 0 Å². The number of nitrogens with zero attached hydrogens (tertiary/aromatic N) is 1. The maximum absolute atomic E-state index is 12.7. The Bertz CT molecular complexity index is 468. The number of amides is 1. The van der Waals surface area contributed by atoms with Gasteiger partial charge in [0.2, 0.25) is 0 Å². The highest BCUT2D eigenvalue weighted by molar-refractivity contribution is 5.99. The van der Waals surface area contributed by atoms with Crippen LogP contribution in [0.4, 0.5) is 0 Å². The van der Waals surface area contributed by atoms with Crippen LogP contribution in [0.1, 0.15) is 23.7 Å². The van der Waals surface area contributed by atoms with E-state index in [-0.39, 0.29) is 11.9 Å². The van der Waals surface area contributed by atoms with E-state index in [1.165, 1.54) is 0 Å². The van der Waals surface area contributed by atoms with Gasteiger partial charge in [0.1, 0.15) is 17.1 Å². The monoisotopic (exact) mass is 278 g/mol. The third-order valence-electron chi connectivity index (χ3n) is 3.90. The van der Waals surface area contributed by atoms with Gasteiger partial charge < -0.3 is 20.1 Å². The fourth-order valence-corrected chi connectivity index (χ4v) is 2.57. The second-order valence-electron chi connectivity index (χ2n) is 5.22. The molecular formula is C15H22N2O3. The van der Waals surface area contributed by atoms with Gasteiger partial charge in [-0.1, -0.05) is 13.0 Å². The van der Waals surface area contributed by atoms with Crippen molar-refractivity contribution in [3.05, 3.63) is 23.8 Å². The summed E-state index contributed by atoms with van der Waals surface area (Å²) in [5, 5.41) is 0. The molecule has 2 rings (SSSR count). The van der Waals surface area contributed by atoms with Gasteiger partial charge in [0.15, 0.2) is 0 Å². The van der Waals surface area contributed by atoms with E-state index >= 15 is 0 Å². The van der Waals surface area contributed by atoms with Gasteiger partial charge in [0.05, 0.1) is 14.2 Å². The largest absolute Gasteiger partial charge is 0.496 e. The number of rotatable bonds is 3. The number of carbonyl (C=O) groups excluding carboxylic acids is 1. The summed E-state index contributed by atoms with van der Waals surface area (Å²) in [5.74, 6) is 1.32. The Kier molecular flexibility index (Phi) is 4.49. The molecule has 0 bridgehead atoms. The zero-order valence-electron chi connectivity index (χ0n) is 12.3. The zero-order valence-corrected chi connectivity index (χ0v) is 12.3. The van der Waals surface area contributed by atoms with Crippen molar-refractivity contribution in [2.75, 3.05) is 27.3 Å². The van der Waals surface area contributed by atoms with E-state index < -0.39 is 0 Å². The van der Waals surface area contributed by atoms with Crippen LogP contribution in [0.3, 0.4) is 0 Å². The number of ether oxygens (including phenoxy) is 2. The van der Waals surface area contributed by atoms with Crippen molar-refractivity contribution in [3.8, 4) is 11.5 Å². The summed E-state index contributed by atoms with van der Waals surface area (Å²) < 4.78 is 10.6. The molecule has 20 heavy (non-hydrogen) atoms. The molecule has 1 aromatic rings.